The Morgan fingerprint density at radius 2 is 1.96 bits per heavy atom. The minimum absolute atomic E-state index is 0.178. The number of hydrogen-bond donors (Lipinski definition) is 4. The standard InChI is InChI=1S/C15H27N3O5/c1-4-8(2)12(17-13(20)11(16)9(3)19)14(21)18-7-5-6-10(18)15(22)23/h8-12,19H,4-7,16H2,1-3H3,(H,17,20)(H,22,23). The lowest BCUT2D eigenvalue weighted by Crippen LogP contribution is -2.58. The topological polar surface area (TPSA) is 133 Å². The summed E-state index contributed by atoms with van der Waals surface area (Å²) in [6.45, 7) is 5.44. The maximum Gasteiger partial charge on any atom is 0.326 e. The molecule has 0 spiro atoms. The number of nitrogens with one attached hydrogen (secondary N) is 1. The molecule has 1 saturated heterocycles. The van der Waals surface area contributed by atoms with E-state index >= 15 is 0 Å². The smallest absolute Gasteiger partial charge is 0.326 e. The van der Waals surface area contributed by atoms with Crippen LogP contribution in [0.3, 0.4) is 0 Å². The number of aliphatic hydroxyl groups is 1. The van der Waals surface area contributed by atoms with Crippen molar-refractivity contribution in [2.45, 2.75) is 64.3 Å². The summed E-state index contributed by atoms with van der Waals surface area (Å²) in [6, 6.07) is -2.84. The van der Waals surface area contributed by atoms with Gasteiger partial charge in [0.05, 0.1) is 6.10 Å². The minimum atomic E-state index is -1.14. The minimum Gasteiger partial charge on any atom is -0.480 e. The van der Waals surface area contributed by atoms with Gasteiger partial charge in [0.2, 0.25) is 11.8 Å². The number of carboxylic acid groups (broad SMARTS) is 1. The Balaban J connectivity index is 2.91. The largest absolute Gasteiger partial charge is 0.480 e. The van der Waals surface area contributed by atoms with Gasteiger partial charge in [-0.05, 0) is 25.7 Å². The molecule has 1 aliphatic rings. The zero-order valence-corrected chi connectivity index (χ0v) is 13.9. The molecule has 0 aromatic rings. The van der Waals surface area contributed by atoms with E-state index < -0.39 is 42.0 Å². The summed E-state index contributed by atoms with van der Waals surface area (Å²) >= 11 is 0. The van der Waals surface area contributed by atoms with Crippen molar-refractivity contribution in [1.82, 2.24) is 10.2 Å². The molecule has 0 radical (unpaired) electrons. The molecule has 132 valence electrons. The van der Waals surface area contributed by atoms with E-state index in [0.717, 1.165) is 0 Å². The third kappa shape index (κ3) is 4.65. The summed E-state index contributed by atoms with van der Waals surface area (Å²) in [5.41, 5.74) is 5.60. The Bertz CT molecular complexity index is 454. The van der Waals surface area contributed by atoms with Crippen LogP contribution in [0.1, 0.15) is 40.0 Å². The van der Waals surface area contributed by atoms with Gasteiger partial charge in [-0.15, -0.1) is 0 Å². The van der Waals surface area contributed by atoms with Crippen molar-refractivity contribution >= 4 is 17.8 Å². The summed E-state index contributed by atoms with van der Waals surface area (Å²) in [5, 5.41) is 21.2. The van der Waals surface area contributed by atoms with Crippen LogP contribution in [0, 0.1) is 5.92 Å². The van der Waals surface area contributed by atoms with E-state index in [1.165, 1.54) is 11.8 Å². The number of carboxylic acids is 1. The SMILES string of the molecule is CCC(C)C(NC(=O)C(N)C(C)O)C(=O)N1CCCC1C(=O)O. The van der Waals surface area contributed by atoms with Crippen LogP contribution in [-0.2, 0) is 14.4 Å². The van der Waals surface area contributed by atoms with Gasteiger partial charge in [-0.25, -0.2) is 4.79 Å². The van der Waals surface area contributed by atoms with E-state index in [4.69, 9.17) is 5.73 Å². The Kier molecular flexibility index (Phi) is 6.96. The number of rotatable bonds is 7. The second kappa shape index (κ2) is 8.26. The predicted octanol–water partition coefficient (Wildman–Crippen LogP) is -0.699. The van der Waals surface area contributed by atoms with Crippen LogP contribution in [-0.4, -0.2) is 63.7 Å². The fourth-order valence-corrected chi connectivity index (χ4v) is 2.62. The quantitative estimate of drug-likeness (QED) is 0.488. The maximum atomic E-state index is 12.7. The van der Waals surface area contributed by atoms with E-state index in [2.05, 4.69) is 5.32 Å². The highest BCUT2D eigenvalue weighted by Gasteiger charge is 2.39. The number of aliphatic hydroxyl groups excluding tert-OH is 1. The number of amides is 2. The Hall–Kier alpha value is -1.67. The van der Waals surface area contributed by atoms with Gasteiger partial charge in [-0.3, -0.25) is 9.59 Å². The number of carbonyl (C=O) groups excluding carboxylic acids is 2. The van der Waals surface area contributed by atoms with Crippen molar-refractivity contribution in [2.24, 2.45) is 11.7 Å². The van der Waals surface area contributed by atoms with Gasteiger partial charge in [0.15, 0.2) is 0 Å². The zero-order chi connectivity index (χ0) is 17.7. The van der Waals surface area contributed by atoms with E-state index in [0.29, 0.717) is 25.8 Å². The lowest BCUT2D eigenvalue weighted by molar-refractivity contribution is -0.150. The first-order valence-electron chi connectivity index (χ1n) is 7.98. The van der Waals surface area contributed by atoms with Gasteiger partial charge in [0.1, 0.15) is 18.1 Å². The molecular formula is C15H27N3O5. The highest BCUT2D eigenvalue weighted by molar-refractivity contribution is 5.92. The summed E-state index contributed by atoms with van der Waals surface area (Å²) in [4.78, 5) is 37.4. The highest BCUT2D eigenvalue weighted by atomic mass is 16.4. The fourth-order valence-electron chi connectivity index (χ4n) is 2.62. The molecule has 1 rings (SSSR count). The predicted molar refractivity (Wildman–Crippen MR) is 83.4 cm³/mol. The molecule has 1 fully saturated rings. The van der Waals surface area contributed by atoms with E-state index in [9.17, 15) is 24.6 Å². The van der Waals surface area contributed by atoms with E-state index in [1.807, 2.05) is 13.8 Å². The van der Waals surface area contributed by atoms with Crippen molar-refractivity contribution in [3.63, 3.8) is 0 Å². The molecule has 0 aliphatic carbocycles. The molecule has 5 atom stereocenters. The van der Waals surface area contributed by atoms with Crippen molar-refractivity contribution in [1.29, 1.82) is 0 Å². The molecule has 2 amide bonds. The van der Waals surface area contributed by atoms with E-state index in [1.54, 1.807) is 0 Å². The Labute approximate surface area is 136 Å². The van der Waals surface area contributed by atoms with Crippen LogP contribution >= 0.6 is 0 Å². The number of likely N-dealkylation sites (tertiary alicyclic amines) is 1. The monoisotopic (exact) mass is 329 g/mol. The summed E-state index contributed by atoms with van der Waals surface area (Å²) in [7, 11) is 0. The molecular weight excluding hydrogens is 302 g/mol. The van der Waals surface area contributed by atoms with Crippen LogP contribution < -0.4 is 11.1 Å². The average Bonchev–Trinajstić information content (AvgIpc) is 2.99. The molecule has 0 aromatic carbocycles. The third-order valence-electron chi connectivity index (χ3n) is 4.42. The van der Waals surface area contributed by atoms with Crippen LogP contribution in [0.2, 0.25) is 0 Å². The number of nitrogens with two attached hydrogens (primary N) is 1. The van der Waals surface area contributed by atoms with Gasteiger partial charge in [0, 0.05) is 6.54 Å². The lowest BCUT2D eigenvalue weighted by Gasteiger charge is -2.31. The van der Waals surface area contributed by atoms with Crippen LogP contribution in [0.5, 0.6) is 0 Å². The average molecular weight is 329 g/mol. The summed E-state index contributed by atoms with van der Waals surface area (Å²) < 4.78 is 0. The summed E-state index contributed by atoms with van der Waals surface area (Å²) in [5.74, 6) is -2.24. The molecule has 8 heteroatoms. The molecule has 1 aliphatic heterocycles. The Morgan fingerprint density at radius 3 is 2.43 bits per heavy atom. The number of carbonyl (C=O) groups is 3. The van der Waals surface area contributed by atoms with Crippen LogP contribution in [0.15, 0.2) is 0 Å². The summed E-state index contributed by atoms with van der Waals surface area (Å²) in [6.07, 6.45) is 0.625. The molecule has 0 bridgehead atoms. The number of hydrogen-bond acceptors (Lipinski definition) is 5. The second-order valence-corrected chi connectivity index (χ2v) is 6.17. The third-order valence-corrected chi connectivity index (χ3v) is 4.42. The van der Waals surface area contributed by atoms with Crippen LogP contribution in [0.4, 0.5) is 0 Å². The van der Waals surface area contributed by atoms with Crippen molar-refractivity contribution < 1.29 is 24.6 Å². The van der Waals surface area contributed by atoms with Gasteiger partial charge in [0.25, 0.3) is 0 Å². The molecule has 0 aromatic heterocycles. The van der Waals surface area contributed by atoms with Gasteiger partial charge >= 0.3 is 5.97 Å². The first-order chi connectivity index (χ1) is 10.7. The second-order valence-electron chi connectivity index (χ2n) is 6.17. The van der Waals surface area contributed by atoms with Crippen molar-refractivity contribution in [2.75, 3.05) is 6.54 Å². The number of nitrogens with zero attached hydrogens (tertiary/aromatic N) is 1. The van der Waals surface area contributed by atoms with Crippen LogP contribution in [0.25, 0.3) is 0 Å². The molecule has 5 unspecified atom stereocenters. The molecule has 0 saturated carbocycles. The van der Waals surface area contributed by atoms with Crippen molar-refractivity contribution in [3.05, 3.63) is 0 Å². The first kappa shape index (κ1) is 19.4. The normalized spacial score (nSPS) is 23.0. The fraction of sp³-hybridized carbons (Fsp3) is 0.800. The zero-order valence-electron chi connectivity index (χ0n) is 13.9. The molecule has 5 N–H and O–H groups in total. The van der Waals surface area contributed by atoms with Gasteiger partial charge in [-0.2, -0.15) is 0 Å². The molecule has 23 heavy (non-hydrogen) atoms. The lowest BCUT2D eigenvalue weighted by atomic mass is 9.96. The number of aliphatic carboxylic acids is 1. The van der Waals surface area contributed by atoms with Gasteiger partial charge in [-0.1, -0.05) is 20.3 Å². The molecule has 8 nitrogen and oxygen atoms in total. The molecule has 1 heterocycles. The van der Waals surface area contributed by atoms with E-state index in [-0.39, 0.29) is 5.92 Å². The van der Waals surface area contributed by atoms with Crippen molar-refractivity contribution in [3.8, 4) is 0 Å². The first-order valence-corrected chi connectivity index (χ1v) is 7.98. The Morgan fingerprint density at radius 1 is 1.35 bits per heavy atom. The highest BCUT2D eigenvalue weighted by Crippen LogP contribution is 2.21. The maximum absolute atomic E-state index is 12.7. The van der Waals surface area contributed by atoms with Gasteiger partial charge < -0.3 is 26.2 Å².